The molecule has 2 heterocycles. The lowest BCUT2D eigenvalue weighted by Gasteiger charge is -2.31. The van der Waals surface area contributed by atoms with E-state index in [9.17, 15) is 0 Å². The molecule has 0 saturated carbocycles. The summed E-state index contributed by atoms with van der Waals surface area (Å²) in [5.74, 6) is 1.36. The molecular formula is C25H24Cl2N4O2. The fourth-order valence-electron chi connectivity index (χ4n) is 3.48. The van der Waals surface area contributed by atoms with Crippen molar-refractivity contribution in [2.24, 2.45) is 4.99 Å². The summed E-state index contributed by atoms with van der Waals surface area (Å²) in [5.41, 5.74) is 2.45. The first-order valence-electron chi connectivity index (χ1n) is 10.6. The van der Waals surface area contributed by atoms with Crippen molar-refractivity contribution < 1.29 is 9.57 Å². The highest BCUT2D eigenvalue weighted by Gasteiger charge is 2.24. The van der Waals surface area contributed by atoms with E-state index in [1.165, 1.54) is 4.42 Å². The normalized spacial score (nSPS) is 13.4. The van der Waals surface area contributed by atoms with Crippen LogP contribution in [0.5, 0.6) is 5.75 Å². The maximum Gasteiger partial charge on any atom is 0.160 e. The van der Waals surface area contributed by atoms with Gasteiger partial charge < -0.3 is 4.74 Å². The third-order valence-corrected chi connectivity index (χ3v) is 5.25. The van der Waals surface area contributed by atoms with Crippen LogP contribution in [0.1, 0.15) is 25.1 Å². The van der Waals surface area contributed by atoms with E-state index in [0.29, 0.717) is 23.2 Å². The molecule has 8 heteroatoms. The molecule has 0 spiro atoms. The number of para-hydroxylation sites is 1. The quantitative estimate of drug-likeness (QED) is 0.339. The second-order valence-corrected chi connectivity index (χ2v) is 8.29. The number of benzene rings is 2. The maximum absolute atomic E-state index is 6.69. The van der Waals surface area contributed by atoms with Crippen LogP contribution >= 0.6 is 23.4 Å². The lowest BCUT2D eigenvalue weighted by molar-refractivity contribution is 0.113. The van der Waals surface area contributed by atoms with Crippen LogP contribution < -0.4 is 20.4 Å². The predicted molar refractivity (Wildman–Crippen MR) is 132 cm³/mol. The third-order valence-electron chi connectivity index (χ3n) is 4.87. The number of hydroxylamine groups is 1. The summed E-state index contributed by atoms with van der Waals surface area (Å²) in [6, 6.07) is 19.4. The van der Waals surface area contributed by atoms with Gasteiger partial charge >= 0.3 is 0 Å². The van der Waals surface area contributed by atoms with Gasteiger partial charge in [-0.1, -0.05) is 35.9 Å². The molecule has 6 nitrogen and oxygen atoms in total. The van der Waals surface area contributed by atoms with Gasteiger partial charge in [0.05, 0.1) is 23.3 Å². The smallest absolute Gasteiger partial charge is 0.160 e. The average molecular weight is 483 g/mol. The van der Waals surface area contributed by atoms with Gasteiger partial charge in [-0.25, -0.2) is 9.48 Å². The Balaban J connectivity index is 1.89. The van der Waals surface area contributed by atoms with Crippen LogP contribution in [0.4, 0.5) is 5.69 Å². The van der Waals surface area contributed by atoms with Crippen LogP contribution in [-0.4, -0.2) is 22.7 Å². The molecular weight excluding hydrogens is 459 g/mol. The fraction of sp³-hybridized carbons (Fsp3) is 0.200. The molecule has 0 bridgehead atoms. The van der Waals surface area contributed by atoms with Gasteiger partial charge in [0, 0.05) is 39.9 Å². The number of nitrogens with zero attached hydrogens (tertiary/aromatic N) is 4. The van der Waals surface area contributed by atoms with Crippen LogP contribution in [-0.2, 0) is 11.4 Å². The molecule has 0 N–H and O–H groups in total. The van der Waals surface area contributed by atoms with Crippen LogP contribution in [0.3, 0.4) is 0 Å². The largest absolute Gasteiger partial charge is 0.493 e. The van der Waals surface area contributed by atoms with Crippen molar-refractivity contribution in [3.05, 3.63) is 93.7 Å². The Labute approximate surface area is 203 Å². The van der Waals surface area contributed by atoms with Crippen LogP contribution in [0.25, 0.3) is 11.9 Å². The number of allylic oxidation sites excluding steroid dienone is 1. The summed E-state index contributed by atoms with van der Waals surface area (Å²) in [6.07, 6.45) is 3.60. The van der Waals surface area contributed by atoms with Crippen molar-refractivity contribution in [3.63, 3.8) is 0 Å². The van der Waals surface area contributed by atoms with Crippen molar-refractivity contribution in [2.45, 2.75) is 20.5 Å². The Morgan fingerprint density at radius 2 is 1.94 bits per heavy atom. The van der Waals surface area contributed by atoms with Gasteiger partial charge in [-0.3, -0.25) is 14.8 Å². The Morgan fingerprint density at radius 1 is 1.15 bits per heavy atom. The molecule has 0 fully saturated rings. The van der Waals surface area contributed by atoms with Gasteiger partial charge in [0.1, 0.15) is 19.0 Å². The minimum atomic E-state index is 0.259. The summed E-state index contributed by atoms with van der Waals surface area (Å²) in [5, 5.41) is 3.92. The highest BCUT2D eigenvalue weighted by atomic mass is 35.5. The summed E-state index contributed by atoms with van der Waals surface area (Å²) in [6.45, 7) is 4.82. The lowest BCUT2D eigenvalue weighted by atomic mass is 10.1. The topological polar surface area (TPSA) is 50.2 Å². The molecule has 33 heavy (non-hydrogen) atoms. The van der Waals surface area contributed by atoms with E-state index in [0.717, 1.165) is 27.5 Å². The second kappa shape index (κ2) is 10.7. The predicted octanol–water partition coefficient (Wildman–Crippen LogP) is 4.83. The van der Waals surface area contributed by atoms with Crippen molar-refractivity contribution in [1.29, 1.82) is 0 Å². The van der Waals surface area contributed by atoms with Gasteiger partial charge in [0.25, 0.3) is 0 Å². The first kappa shape index (κ1) is 23.1. The molecule has 0 radical (unpaired) electrons. The number of hydrogen-bond acceptors (Lipinski definition) is 6. The number of anilines is 1. The second-order valence-electron chi connectivity index (χ2n) is 7.28. The van der Waals surface area contributed by atoms with Gasteiger partial charge in [0.2, 0.25) is 0 Å². The number of rotatable bonds is 8. The minimum absolute atomic E-state index is 0.259. The Bertz CT molecular complexity index is 1250. The van der Waals surface area contributed by atoms with E-state index >= 15 is 0 Å². The molecule has 170 valence electrons. The van der Waals surface area contributed by atoms with E-state index in [-0.39, 0.29) is 13.3 Å². The number of halogens is 2. The van der Waals surface area contributed by atoms with E-state index in [2.05, 4.69) is 9.98 Å². The summed E-state index contributed by atoms with van der Waals surface area (Å²) in [4.78, 5) is 15.3. The van der Waals surface area contributed by atoms with Gasteiger partial charge in [-0.05, 0) is 50.3 Å². The first-order chi connectivity index (χ1) is 16.1. The molecule has 1 aliphatic rings. The summed E-state index contributed by atoms with van der Waals surface area (Å²) >= 11 is 12.9. The van der Waals surface area contributed by atoms with Crippen LogP contribution in [0.15, 0.2) is 76.9 Å². The average Bonchev–Trinajstić information content (AvgIpc) is 2.82. The standard InChI is InChI=1S/C25H24Cl2N4O2/c1-3-32-24-15-23-22(14-19(24)13-18(2)26)25(30(27)17-29-23)31(21-10-5-4-6-11-21)33-16-20-9-7-8-12-28-20/h4-15H,3,16-17H2,1-2H3. The number of fused-ring (bicyclic) bond motifs is 1. The molecule has 1 aromatic heterocycles. The van der Waals surface area contributed by atoms with Crippen LogP contribution in [0.2, 0.25) is 0 Å². The fourth-order valence-corrected chi connectivity index (χ4v) is 3.81. The monoisotopic (exact) mass is 482 g/mol. The van der Waals surface area contributed by atoms with Gasteiger partial charge in [-0.15, -0.1) is 0 Å². The molecule has 3 aromatic rings. The summed E-state index contributed by atoms with van der Waals surface area (Å²) < 4.78 is 7.38. The van der Waals surface area contributed by atoms with E-state index in [4.69, 9.17) is 33.0 Å². The highest BCUT2D eigenvalue weighted by Crippen LogP contribution is 2.26. The zero-order valence-electron chi connectivity index (χ0n) is 18.4. The van der Waals surface area contributed by atoms with E-state index < -0.39 is 0 Å². The molecule has 1 aliphatic heterocycles. The van der Waals surface area contributed by atoms with E-state index in [1.807, 2.05) is 80.6 Å². The Morgan fingerprint density at radius 3 is 2.64 bits per heavy atom. The van der Waals surface area contributed by atoms with Gasteiger partial charge in [-0.2, -0.15) is 0 Å². The van der Waals surface area contributed by atoms with Crippen molar-refractivity contribution in [1.82, 2.24) is 9.40 Å². The molecule has 0 atom stereocenters. The number of hydrogen-bond donors (Lipinski definition) is 0. The first-order valence-corrected chi connectivity index (χ1v) is 11.3. The summed E-state index contributed by atoms with van der Waals surface area (Å²) in [7, 11) is 0. The molecule has 0 saturated heterocycles. The lowest BCUT2D eigenvalue weighted by Crippen LogP contribution is -2.44. The highest BCUT2D eigenvalue weighted by molar-refractivity contribution is 6.31. The molecule has 0 unspecified atom stereocenters. The van der Waals surface area contributed by atoms with Crippen molar-refractivity contribution in [3.8, 4) is 5.75 Å². The van der Waals surface area contributed by atoms with Gasteiger partial charge in [0.15, 0.2) is 5.82 Å². The molecule has 2 aromatic carbocycles. The van der Waals surface area contributed by atoms with Crippen molar-refractivity contribution >= 4 is 41.0 Å². The number of pyridine rings is 1. The molecule has 0 aliphatic carbocycles. The van der Waals surface area contributed by atoms with Crippen molar-refractivity contribution in [2.75, 3.05) is 18.3 Å². The molecule has 4 rings (SSSR count). The Kier molecular flexibility index (Phi) is 7.50. The Hall–Kier alpha value is -3.06. The molecule has 0 amide bonds. The van der Waals surface area contributed by atoms with E-state index in [1.54, 1.807) is 11.3 Å². The number of ether oxygens (including phenoxy) is 1. The zero-order valence-corrected chi connectivity index (χ0v) is 19.9. The zero-order chi connectivity index (χ0) is 23.2. The third kappa shape index (κ3) is 5.47. The SMILES string of the molecule is CCOc1cc2c(cc1C=C(C)Cl)=C(N(OCc1ccccn1)c1ccccc1)N(Cl)CN=2. The maximum atomic E-state index is 6.69. The minimum Gasteiger partial charge on any atom is -0.493 e. The number of aromatic nitrogens is 1. The van der Waals surface area contributed by atoms with Crippen LogP contribution in [0, 0.1) is 0 Å².